The predicted molar refractivity (Wildman–Crippen MR) is 93.2 cm³/mol. The molecule has 3 rings (SSSR count). The molecule has 1 heterocycles. The molecule has 0 unspecified atom stereocenters. The molecule has 0 bridgehead atoms. The van der Waals surface area contributed by atoms with Gasteiger partial charge in [0.2, 0.25) is 5.43 Å². The fraction of sp³-hybridized carbons (Fsp3) is 0.316. The van der Waals surface area contributed by atoms with Gasteiger partial charge in [-0.15, -0.1) is 0 Å². The van der Waals surface area contributed by atoms with E-state index in [-0.39, 0.29) is 5.43 Å². The lowest BCUT2D eigenvalue weighted by molar-refractivity contribution is 0.289. The van der Waals surface area contributed by atoms with Crippen LogP contribution in [0, 0.1) is 0 Å². The first-order chi connectivity index (χ1) is 11.2. The van der Waals surface area contributed by atoms with Gasteiger partial charge >= 0.3 is 0 Å². The summed E-state index contributed by atoms with van der Waals surface area (Å²) in [5, 5.41) is 1.21. The van der Waals surface area contributed by atoms with Crippen LogP contribution in [0.5, 0.6) is 5.75 Å². The molecule has 4 nitrogen and oxygen atoms in total. The molecule has 2 aromatic carbocycles. The van der Waals surface area contributed by atoms with Crippen LogP contribution in [0.25, 0.3) is 21.9 Å². The highest BCUT2D eigenvalue weighted by Crippen LogP contribution is 2.27. The van der Waals surface area contributed by atoms with Crippen LogP contribution in [0.4, 0.5) is 0 Å². The summed E-state index contributed by atoms with van der Waals surface area (Å²) in [5.74, 6) is 0.753. The van der Waals surface area contributed by atoms with E-state index in [1.54, 1.807) is 13.2 Å². The molecule has 23 heavy (non-hydrogen) atoms. The van der Waals surface area contributed by atoms with E-state index in [2.05, 4.69) is 18.7 Å². The summed E-state index contributed by atoms with van der Waals surface area (Å²) >= 11 is 0. The monoisotopic (exact) mass is 311 g/mol. The Morgan fingerprint density at radius 1 is 1.04 bits per heavy atom. The van der Waals surface area contributed by atoms with Crippen LogP contribution in [-0.2, 0) is 6.54 Å². The third-order valence-electron chi connectivity index (χ3n) is 4.27. The van der Waals surface area contributed by atoms with Crippen molar-refractivity contribution in [2.45, 2.75) is 20.4 Å². The normalized spacial score (nSPS) is 11.5. The molecule has 0 N–H and O–H groups in total. The van der Waals surface area contributed by atoms with E-state index in [4.69, 9.17) is 9.15 Å². The highest BCUT2D eigenvalue weighted by molar-refractivity contribution is 5.90. The lowest BCUT2D eigenvalue weighted by Crippen LogP contribution is -2.22. The molecule has 0 saturated heterocycles. The summed E-state index contributed by atoms with van der Waals surface area (Å²) < 4.78 is 11.4. The van der Waals surface area contributed by atoms with Gasteiger partial charge in [-0.2, -0.15) is 0 Å². The molecule has 0 saturated carbocycles. The van der Waals surface area contributed by atoms with E-state index in [0.717, 1.165) is 30.9 Å². The Balaban J connectivity index is 2.24. The molecule has 0 amide bonds. The zero-order valence-corrected chi connectivity index (χ0v) is 13.8. The number of hydrogen-bond donors (Lipinski definition) is 0. The van der Waals surface area contributed by atoms with Gasteiger partial charge in [-0.05, 0) is 31.3 Å². The Morgan fingerprint density at radius 2 is 1.78 bits per heavy atom. The molecule has 0 aliphatic rings. The van der Waals surface area contributed by atoms with Gasteiger partial charge in [0.05, 0.1) is 17.9 Å². The number of hydrogen-bond acceptors (Lipinski definition) is 4. The van der Waals surface area contributed by atoms with E-state index in [9.17, 15) is 4.79 Å². The Labute approximate surface area is 135 Å². The van der Waals surface area contributed by atoms with Crippen molar-refractivity contribution in [3.8, 4) is 5.75 Å². The fourth-order valence-electron chi connectivity index (χ4n) is 2.88. The maximum Gasteiger partial charge on any atom is 0.200 e. The van der Waals surface area contributed by atoms with Crippen LogP contribution in [0.1, 0.15) is 19.4 Å². The average molecular weight is 311 g/mol. The number of rotatable bonds is 5. The first kappa shape index (κ1) is 15.6. The molecule has 1 aromatic heterocycles. The molecule has 0 aliphatic heterocycles. The maximum absolute atomic E-state index is 12.8. The molecular formula is C19H21NO3. The van der Waals surface area contributed by atoms with E-state index < -0.39 is 0 Å². The second-order valence-electron chi connectivity index (χ2n) is 5.55. The summed E-state index contributed by atoms with van der Waals surface area (Å²) in [5.41, 5.74) is 2.17. The minimum Gasteiger partial charge on any atom is -0.496 e. The molecule has 0 radical (unpaired) electrons. The first-order valence-corrected chi connectivity index (χ1v) is 7.92. The average Bonchev–Trinajstić information content (AvgIpc) is 2.59. The molecule has 0 atom stereocenters. The van der Waals surface area contributed by atoms with Crippen LogP contribution in [0.2, 0.25) is 0 Å². The minimum atomic E-state index is 0.00491. The summed E-state index contributed by atoms with van der Waals surface area (Å²) in [4.78, 5) is 15.0. The summed E-state index contributed by atoms with van der Waals surface area (Å²) in [6.45, 7) is 6.89. The SMILES string of the molecule is CCN(CC)Cc1cc2c(=O)c3ccccc3oc2cc1OC. The summed E-state index contributed by atoms with van der Waals surface area (Å²) in [7, 11) is 1.64. The fourth-order valence-corrected chi connectivity index (χ4v) is 2.88. The second-order valence-corrected chi connectivity index (χ2v) is 5.55. The van der Waals surface area contributed by atoms with Crippen LogP contribution >= 0.6 is 0 Å². The van der Waals surface area contributed by atoms with Gasteiger partial charge in [0, 0.05) is 18.2 Å². The van der Waals surface area contributed by atoms with Gasteiger partial charge in [-0.3, -0.25) is 9.69 Å². The smallest absolute Gasteiger partial charge is 0.200 e. The van der Waals surface area contributed by atoms with E-state index in [0.29, 0.717) is 21.9 Å². The Kier molecular flexibility index (Phi) is 4.35. The Bertz CT molecular complexity index is 894. The van der Waals surface area contributed by atoms with Gasteiger partial charge in [-0.25, -0.2) is 0 Å². The highest BCUT2D eigenvalue weighted by Gasteiger charge is 2.14. The van der Waals surface area contributed by atoms with Crippen LogP contribution in [0.15, 0.2) is 45.6 Å². The first-order valence-electron chi connectivity index (χ1n) is 7.92. The van der Waals surface area contributed by atoms with Gasteiger partial charge < -0.3 is 9.15 Å². The lowest BCUT2D eigenvalue weighted by Gasteiger charge is -2.20. The van der Waals surface area contributed by atoms with E-state index >= 15 is 0 Å². The molecule has 4 heteroatoms. The number of ether oxygens (including phenoxy) is 1. The summed E-state index contributed by atoms with van der Waals surface area (Å²) in [6.07, 6.45) is 0. The number of fused-ring (bicyclic) bond motifs is 2. The molecule has 0 fully saturated rings. The lowest BCUT2D eigenvalue weighted by atomic mass is 10.1. The second kappa shape index (κ2) is 6.42. The largest absolute Gasteiger partial charge is 0.496 e. The number of methoxy groups -OCH3 is 1. The minimum absolute atomic E-state index is 0.00491. The molecule has 3 aromatic rings. The standard InChI is InChI=1S/C19H21NO3/c1-4-20(5-2)12-13-10-15-18(11-17(13)22-3)23-16-9-7-6-8-14(16)19(15)21/h6-11H,4-5,12H2,1-3H3. The van der Waals surface area contributed by atoms with Crippen molar-refractivity contribution in [2.75, 3.05) is 20.2 Å². The number of nitrogens with zero attached hydrogens (tertiary/aromatic N) is 1. The van der Waals surface area contributed by atoms with Crippen LogP contribution in [-0.4, -0.2) is 25.1 Å². The summed E-state index contributed by atoms with van der Waals surface area (Å²) in [6, 6.07) is 11.1. The number of benzene rings is 2. The van der Waals surface area contributed by atoms with Gasteiger partial charge in [0.15, 0.2) is 0 Å². The van der Waals surface area contributed by atoms with E-state index in [1.807, 2.05) is 30.3 Å². The van der Waals surface area contributed by atoms with Crippen molar-refractivity contribution < 1.29 is 9.15 Å². The predicted octanol–water partition coefficient (Wildman–Crippen LogP) is 3.80. The molecule has 120 valence electrons. The van der Waals surface area contributed by atoms with Crippen molar-refractivity contribution >= 4 is 21.9 Å². The molecule has 0 spiro atoms. The topological polar surface area (TPSA) is 42.7 Å². The maximum atomic E-state index is 12.8. The highest BCUT2D eigenvalue weighted by atomic mass is 16.5. The van der Waals surface area contributed by atoms with Crippen molar-refractivity contribution in [2.24, 2.45) is 0 Å². The van der Waals surface area contributed by atoms with Gasteiger partial charge in [0.25, 0.3) is 0 Å². The Hall–Kier alpha value is -2.33. The van der Waals surface area contributed by atoms with Crippen molar-refractivity contribution in [1.29, 1.82) is 0 Å². The Morgan fingerprint density at radius 3 is 2.48 bits per heavy atom. The molecule has 0 aliphatic carbocycles. The quantitative estimate of drug-likeness (QED) is 0.672. The van der Waals surface area contributed by atoms with Crippen molar-refractivity contribution in [1.82, 2.24) is 4.90 Å². The van der Waals surface area contributed by atoms with Gasteiger partial charge in [-0.1, -0.05) is 26.0 Å². The van der Waals surface area contributed by atoms with Gasteiger partial charge in [0.1, 0.15) is 16.9 Å². The zero-order chi connectivity index (χ0) is 16.4. The van der Waals surface area contributed by atoms with Crippen molar-refractivity contribution in [3.05, 3.63) is 52.2 Å². The third-order valence-corrected chi connectivity index (χ3v) is 4.27. The zero-order valence-electron chi connectivity index (χ0n) is 13.8. The van der Waals surface area contributed by atoms with Crippen molar-refractivity contribution in [3.63, 3.8) is 0 Å². The molecular weight excluding hydrogens is 290 g/mol. The van der Waals surface area contributed by atoms with Crippen LogP contribution < -0.4 is 10.2 Å². The number of para-hydroxylation sites is 1. The van der Waals surface area contributed by atoms with Crippen LogP contribution in [0.3, 0.4) is 0 Å². The third kappa shape index (κ3) is 2.82. The van der Waals surface area contributed by atoms with E-state index in [1.165, 1.54) is 0 Å².